The molecule has 1 aliphatic heterocycles. The Morgan fingerprint density at radius 1 is 1.21 bits per heavy atom. The summed E-state index contributed by atoms with van der Waals surface area (Å²) in [7, 11) is 0. The molecular weight excluding hydrogens is 300 g/mol. The lowest BCUT2D eigenvalue weighted by Gasteiger charge is -2.23. The Bertz CT molecular complexity index is 697. The molecule has 2 aromatic carbocycles. The van der Waals surface area contributed by atoms with E-state index in [4.69, 9.17) is 5.11 Å². The van der Waals surface area contributed by atoms with E-state index in [0.29, 0.717) is 12.3 Å². The molecule has 1 fully saturated rings. The molecule has 0 radical (unpaired) electrons. The third kappa shape index (κ3) is 3.95. The van der Waals surface area contributed by atoms with E-state index in [2.05, 4.69) is 41.4 Å². The highest BCUT2D eigenvalue weighted by Gasteiger charge is 2.30. The molecule has 0 aliphatic carbocycles. The molecule has 2 aromatic rings. The van der Waals surface area contributed by atoms with Crippen molar-refractivity contribution in [1.29, 1.82) is 0 Å². The van der Waals surface area contributed by atoms with Crippen molar-refractivity contribution >= 4 is 5.91 Å². The summed E-state index contributed by atoms with van der Waals surface area (Å²) in [5.41, 5.74) is 3.36. The molecular formula is C20H25N2O2+. The van der Waals surface area contributed by atoms with Gasteiger partial charge >= 0.3 is 0 Å². The molecule has 126 valence electrons. The summed E-state index contributed by atoms with van der Waals surface area (Å²) in [5.74, 6) is 0.545. The van der Waals surface area contributed by atoms with Gasteiger partial charge in [0, 0.05) is 12.6 Å². The number of nitrogens with zero attached hydrogens (tertiary/aromatic N) is 1. The largest absolute Gasteiger partial charge is 0.593 e. The molecule has 1 saturated heterocycles. The van der Waals surface area contributed by atoms with Gasteiger partial charge in [-0.1, -0.05) is 42.0 Å². The standard InChI is InChI=1S/C20H24N2O2/c1-15-8-10-16(11-9-15)14-22-12-4-6-18(22)20(24)21-13-17-5-2-3-7-19(17)23/h2-3,5,7-11,18,23H,4,6,12-14H2,1H3,(H,21,24)/p+1/t18-/m1/s1. The molecule has 24 heavy (non-hydrogen) atoms. The first kappa shape index (κ1) is 16.5. The first-order valence-electron chi connectivity index (χ1n) is 8.50. The van der Waals surface area contributed by atoms with Crippen molar-refractivity contribution in [1.82, 2.24) is 10.2 Å². The van der Waals surface area contributed by atoms with E-state index >= 15 is 0 Å². The number of amides is 1. The van der Waals surface area contributed by atoms with Crippen molar-refractivity contribution in [2.45, 2.75) is 38.9 Å². The second-order valence-corrected chi connectivity index (χ2v) is 6.49. The normalized spacial score (nSPS) is 17.8. The Kier molecular flexibility index (Phi) is 5.16. The van der Waals surface area contributed by atoms with Gasteiger partial charge in [-0.2, -0.15) is 0 Å². The minimum atomic E-state index is -0.0656. The Morgan fingerprint density at radius 2 is 1.96 bits per heavy atom. The Morgan fingerprint density at radius 3 is 2.71 bits per heavy atom. The van der Waals surface area contributed by atoms with E-state index in [1.54, 1.807) is 6.07 Å². The van der Waals surface area contributed by atoms with E-state index < -0.39 is 0 Å². The van der Waals surface area contributed by atoms with Crippen molar-refractivity contribution in [2.75, 3.05) is 6.54 Å². The van der Waals surface area contributed by atoms with Crippen LogP contribution in [0.2, 0.25) is 0 Å². The predicted molar refractivity (Wildman–Crippen MR) is 96.0 cm³/mol. The van der Waals surface area contributed by atoms with Crippen LogP contribution < -0.4 is 5.32 Å². The van der Waals surface area contributed by atoms with Crippen LogP contribution in [0.25, 0.3) is 0 Å². The maximum Gasteiger partial charge on any atom is 0.258 e. The summed E-state index contributed by atoms with van der Waals surface area (Å²) in [6.07, 6.45) is 1.96. The molecule has 0 bridgehead atoms. The van der Waals surface area contributed by atoms with E-state index in [9.17, 15) is 4.79 Å². The molecule has 1 amide bonds. The fraction of sp³-hybridized carbons (Fsp3) is 0.350. The topological polar surface area (TPSA) is 55.2 Å². The molecule has 1 atom stereocenters. The van der Waals surface area contributed by atoms with Gasteiger partial charge in [0.05, 0.1) is 18.2 Å². The summed E-state index contributed by atoms with van der Waals surface area (Å²) >= 11 is 0. The van der Waals surface area contributed by atoms with Crippen molar-refractivity contribution in [3.05, 3.63) is 65.2 Å². The van der Waals surface area contributed by atoms with Crippen molar-refractivity contribution < 1.29 is 9.90 Å². The lowest BCUT2D eigenvalue weighted by molar-refractivity contribution is -0.125. The van der Waals surface area contributed by atoms with Gasteiger partial charge < -0.3 is 10.4 Å². The second kappa shape index (κ2) is 7.49. The van der Waals surface area contributed by atoms with Crippen LogP contribution >= 0.6 is 0 Å². The third-order valence-corrected chi connectivity index (χ3v) is 4.64. The highest BCUT2D eigenvalue weighted by molar-refractivity contribution is 5.82. The molecule has 3 rings (SSSR count). The number of carbonyl (C=O) groups excluding carboxylic acids is 1. The fourth-order valence-electron chi connectivity index (χ4n) is 3.21. The quantitative estimate of drug-likeness (QED) is 0.859. The third-order valence-electron chi connectivity index (χ3n) is 4.64. The number of para-hydroxylation sites is 1. The molecule has 4 nitrogen and oxygen atoms in total. The van der Waals surface area contributed by atoms with E-state index in [0.717, 1.165) is 31.5 Å². The molecule has 0 unspecified atom stereocenters. The van der Waals surface area contributed by atoms with Crippen LogP contribution in [0.1, 0.15) is 29.5 Å². The van der Waals surface area contributed by atoms with E-state index in [1.165, 1.54) is 11.1 Å². The molecule has 0 spiro atoms. The van der Waals surface area contributed by atoms with Gasteiger partial charge in [0.15, 0.2) is 0 Å². The van der Waals surface area contributed by atoms with Crippen LogP contribution in [-0.2, 0) is 17.9 Å². The zero-order valence-electron chi connectivity index (χ0n) is 14.1. The Labute approximate surface area is 143 Å². The number of rotatable bonds is 5. The van der Waals surface area contributed by atoms with Crippen LogP contribution in [0, 0.1) is 6.92 Å². The number of aryl methyl sites for hydroxylation is 1. The van der Waals surface area contributed by atoms with Gasteiger partial charge in [-0.05, 0) is 37.9 Å². The average Bonchev–Trinajstić information content (AvgIpc) is 3.04. The molecule has 0 aromatic heterocycles. The van der Waals surface area contributed by atoms with Crippen LogP contribution in [0.4, 0.5) is 0 Å². The number of nitrogens with one attached hydrogen (secondary N) is 1. The number of benzene rings is 2. The van der Waals surface area contributed by atoms with Gasteiger partial charge in [0.2, 0.25) is 5.91 Å². The number of likely N-dealkylation sites (tertiary alicyclic amines) is 1. The molecule has 3 N–H and O–H groups in total. The zero-order valence-corrected chi connectivity index (χ0v) is 14.1. The maximum atomic E-state index is 12.6. The van der Waals surface area contributed by atoms with E-state index in [1.807, 2.05) is 18.2 Å². The summed E-state index contributed by atoms with van der Waals surface area (Å²) in [6, 6.07) is 15.8. The summed E-state index contributed by atoms with van der Waals surface area (Å²) in [4.78, 5) is 14.8. The lowest BCUT2D eigenvalue weighted by Crippen LogP contribution is -2.42. The first-order chi connectivity index (χ1) is 11.6. The monoisotopic (exact) mass is 325 g/mol. The number of hydrogen-bond donors (Lipinski definition) is 1. The van der Waals surface area contributed by atoms with Crippen LogP contribution in [-0.4, -0.2) is 28.5 Å². The average molecular weight is 325 g/mol. The van der Waals surface area contributed by atoms with Gasteiger partial charge in [0.25, 0.3) is 5.75 Å². The van der Waals surface area contributed by atoms with Gasteiger partial charge in [-0.15, -0.1) is 0 Å². The molecule has 0 saturated carbocycles. The van der Waals surface area contributed by atoms with Crippen LogP contribution in [0.3, 0.4) is 0 Å². The Hall–Kier alpha value is -2.33. The van der Waals surface area contributed by atoms with Gasteiger partial charge in [0.1, 0.15) is 0 Å². The number of carbonyl (C=O) groups is 1. The first-order valence-corrected chi connectivity index (χ1v) is 8.50. The SMILES string of the molecule is Cc1ccc(CN2CCC[C@@H]2C(=O)NCc2ccccc2[OH2+])cc1. The smallest absolute Gasteiger partial charge is 0.258 e. The van der Waals surface area contributed by atoms with Gasteiger partial charge in [-0.25, -0.2) is 0 Å². The summed E-state index contributed by atoms with van der Waals surface area (Å²) in [6.45, 7) is 4.28. The Balaban J connectivity index is 1.59. The molecule has 1 heterocycles. The van der Waals surface area contributed by atoms with Crippen LogP contribution in [0.5, 0.6) is 5.75 Å². The summed E-state index contributed by atoms with van der Waals surface area (Å²) < 4.78 is 0. The van der Waals surface area contributed by atoms with E-state index in [-0.39, 0.29) is 11.9 Å². The van der Waals surface area contributed by atoms with Crippen molar-refractivity contribution in [3.8, 4) is 5.75 Å². The fourth-order valence-corrected chi connectivity index (χ4v) is 3.21. The predicted octanol–water partition coefficient (Wildman–Crippen LogP) is 2.71. The van der Waals surface area contributed by atoms with Crippen LogP contribution in [0.15, 0.2) is 48.5 Å². The second-order valence-electron chi connectivity index (χ2n) is 6.49. The van der Waals surface area contributed by atoms with Crippen molar-refractivity contribution in [2.24, 2.45) is 0 Å². The molecule has 1 aliphatic rings. The maximum absolute atomic E-state index is 12.6. The highest BCUT2D eigenvalue weighted by atomic mass is 16.3. The minimum absolute atomic E-state index is 0.0656. The minimum Gasteiger partial charge on any atom is -0.593 e. The summed E-state index contributed by atoms with van der Waals surface area (Å²) in [5, 5.41) is 10.9. The number of hydrogen-bond acceptors (Lipinski definition) is 2. The highest BCUT2D eigenvalue weighted by Crippen LogP contribution is 2.21. The molecule has 4 heteroatoms. The lowest BCUT2D eigenvalue weighted by atomic mass is 10.1. The van der Waals surface area contributed by atoms with Gasteiger partial charge in [-0.3, -0.25) is 9.69 Å². The van der Waals surface area contributed by atoms with Crippen molar-refractivity contribution in [3.63, 3.8) is 0 Å². The zero-order chi connectivity index (χ0) is 16.9.